The molecule has 1 aliphatic heterocycles. The lowest BCUT2D eigenvalue weighted by molar-refractivity contribution is -0.384. The summed E-state index contributed by atoms with van der Waals surface area (Å²) in [6.45, 7) is 6.52. The van der Waals surface area contributed by atoms with Crippen LogP contribution in [0.4, 0.5) is 11.4 Å². The van der Waals surface area contributed by atoms with Crippen molar-refractivity contribution in [2.45, 2.75) is 33.2 Å². The summed E-state index contributed by atoms with van der Waals surface area (Å²) in [6.07, 6.45) is 1.10. The molecule has 0 bridgehead atoms. The van der Waals surface area contributed by atoms with Crippen LogP contribution in [0.2, 0.25) is 0 Å². The van der Waals surface area contributed by atoms with E-state index < -0.39 is 0 Å². The first-order chi connectivity index (χ1) is 8.87. The van der Waals surface area contributed by atoms with Crippen LogP contribution in [-0.2, 0) is 0 Å². The minimum atomic E-state index is -0.343. The highest BCUT2D eigenvalue weighted by molar-refractivity contribution is 7.99. The Hall–Kier alpha value is -1.23. The molecule has 0 spiro atoms. The van der Waals surface area contributed by atoms with Crippen molar-refractivity contribution < 1.29 is 4.92 Å². The summed E-state index contributed by atoms with van der Waals surface area (Å²) < 4.78 is 0. The van der Waals surface area contributed by atoms with Crippen LogP contribution in [0.3, 0.4) is 0 Å². The third-order valence-electron chi connectivity index (χ3n) is 3.40. The van der Waals surface area contributed by atoms with Gasteiger partial charge in [-0.05, 0) is 30.1 Å². The highest BCUT2D eigenvalue weighted by Gasteiger charge is 2.28. The van der Waals surface area contributed by atoms with E-state index in [0.29, 0.717) is 11.5 Å². The molecule has 1 heterocycles. The number of thioether (sulfide) groups is 1. The van der Waals surface area contributed by atoms with Crippen LogP contribution < -0.4 is 5.32 Å². The van der Waals surface area contributed by atoms with E-state index in [2.05, 4.69) is 19.2 Å². The molecular formula is C14H20N2O2S. The normalized spacial score (nSPS) is 21.9. The Labute approximate surface area is 118 Å². The Balaban J connectivity index is 2.14. The zero-order valence-electron chi connectivity index (χ0n) is 11.6. The van der Waals surface area contributed by atoms with Crippen LogP contribution >= 0.6 is 11.8 Å². The van der Waals surface area contributed by atoms with Crippen LogP contribution in [0.5, 0.6) is 0 Å². The monoisotopic (exact) mass is 280 g/mol. The first-order valence-corrected chi connectivity index (χ1v) is 7.62. The quantitative estimate of drug-likeness (QED) is 0.675. The number of hydrogen-bond acceptors (Lipinski definition) is 4. The second-order valence-electron chi connectivity index (χ2n) is 5.98. The minimum Gasteiger partial charge on any atom is -0.381 e. The average molecular weight is 280 g/mol. The van der Waals surface area contributed by atoms with Gasteiger partial charge in [0, 0.05) is 29.6 Å². The van der Waals surface area contributed by atoms with Gasteiger partial charge in [-0.3, -0.25) is 10.1 Å². The predicted octanol–water partition coefficient (Wildman–Crippen LogP) is 3.85. The topological polar surface area (TPSA) is 55.2 Å². The van der Waals surface area contributed by atoms with E-state index in [1.54, 1.807) is 12.1 Å². The van der Waals surface area contributed by atoms with Crippen molar-refractivity contribution in [3.63, 3.8) is 0 Å². The number of aryl methyl sites for hydroxylation is 1. The van der Waals surface area contributed by atoms with E-state index in [-0.39, 0.29) is 10.6 Å². The summed E-state index contributed by atoms with van der Waals surface area (Å²) in [7, 11) is 0. The highest BCUT2D eigenvalue weighted by Crippen LogP contribution is 2.35. The molecule has 1 atom stereocenters. The fraction of sp³-hybridized carbons (Fsp3) is 0.571. The zero-order valence-corrected chi connectivity index (χ0v) is 12.4. The molecule has 1 aromatic carbocycles. The van der Waals surface area contributed by atoms with Crippen molar-refractivity contribution in [2.75, 3.05) is 16.8 Å². The van der Waals surface area contributed by atoms with Gasteiger partial charge in [0.2, 0.25) is 0 Å². The Bertz CT molecular complexity index is 488. The Morgan fingerprint density at radius 3 is 2.84 bits per heavy atom. The van der Waals surface area contributed by atoms with E-state index in [9.17, 15) is 10.1 Å². The van der Waals surface area contributed by atoms with Gasteiger partial charge in [-0.2, -0.15) is 11.8 Å². The molecule has 104 valence electrons. The van der Waals surface area contributed by atoms with Crippen LogP contribution in [0.25, 0.3) is 0 Å². The summed E-state index contributed by atoms with van der Waals surface area (Å²) >= 11 is 1.95. The molecule has 0 amide bonds. The molecule has 1 aliphatic rings. The molecular weight excluding hydrogens is 260 g/mol. The van der Waals surface area contributed by atoms with Gasteiger partial charge in [-0.15, -0.1) is 0 Å². The third kappa shape index (κ3) is 3.62. The molecule has 0 saturated carbocycles. The minimum absolute atomic E-state index is 0.149. The molecule has 1 fully saturated rings. The van der Waals surface area contributed by atoms with Gasteiger partial charge in [0.1, 0.15) is 0 Å². The van der Waals surface area contributed by atoms with Gasteiger partial charge in [0.05, 0.1) is 4.92 Å². The van der Waals surface area contributed by atoms with Crippen molar-refractivity contribution in [1.82, 2.24) is 0 Å². The van der Waals surface area contributed by atoms with Gasteiger partial charge in [-0.1, -0.05) is 19.9 Å². The van der Waals surface area contributed by atoms with Crippen molar-refractivity contribution in [1.29, 1.82) is 0 Å². The number of nitro benzene ring substituents is 1. The van der Waals surface area contributed by atoms with Crippen molar-refractivity contribution in [2.24, 2.45) is 5.41 Å². The third-order valence-corrected chi connectivity index (χ3v) is 5.03. The van der Waals surface area contributed by atoms with Crippen LogP contribution in [0, 0.1) is 22.5 Å². The van der Waals surface area contributed by atoms with Crippen molar-refractivity contribution in [3.8, 4) is 0 Å². The van der Waals surface area contributed by atoms with E-state index in [4.69, 9.17) is 0 Å². The van der Waals surface area contributed by atoms with E-state index in [0.717, 1.165) is 23.4 Å². The fourth-order valence-corrected chi connectivity index (χ4v) is 3.73. The highest BCUT2D eigenvalue weighted by atomic mass is 32.2. The summed E-state index contributed by atoms with van der Waals surface area (Å²) in [5.74, 6) is 2.24. The molecule has 1 N–H and O–H groups in total. The first kappa shape index (κ1) is 14.2. The summed E-state index contributed by atoms with van der Waals surface area (Å²) in [5, 5.41) is 14.3. The number of benzene rings is 1. The number of anilines is 1. The maximum Gasteiger partial charge on any atom is 0.271 e. The number of rotatable bonds is 3. The average Bonchev–Trinajstić information content (AvgIpc) is 2.30. The largest absolute Gasteiger partial charge is 0.381 e. The lowest BCUT2D eigenvalue weighted by Gasteiger charge is -2.35. The van der Waals surface area contributed by atoms with Crippen LogP contribution in [-0.4, -0.2) is 22.5 Å². The van der Waals surface area contributed by atoms with Gasteiger partial charge in [0.25, 0.3) is 5.69 Å². The zero-order chi connectivity index (χ0) is 14.0. The number of nitrogens with one attached hydrogen (secondary N) is 1. The summed E-state index contributed by atoms with van der Waals surface area (Å²) in [6, 6.07) is 5.39. The number of nitrogens with zero attached hydrogens (tertiary/aromatic N) is 1. The van der Waals surface area contributed by atoms with Crippen molar-refractivity contribution >= 4 is 23.1 Å². The molecule has 2 rings (SSSR count). The lowest BCUT2D eigenvalue weighted by atomic mass is 9.87. The van der Waals surface area contributed by atoms with E-state index in [1.165, 1.54) is 5.75 Å². The Kier molecular flexibility index (Phi) is 4.04. The number of hydrogen-bond donors (Lipinski definition) is 1. The molecule has 1 aromatic rings. The van der Waals surface area contributed by atoms with Gasteiger partial charge in [-0.25, -0.2) is 0 Å². The lowest BCUT2D eigenvalue weighted by Crippen LogP contribution is -2.35. The molecule has 0 radical (unpaired) electrons. The Morgan fingerprint density at radius 1 is 1.47 bits per heavy atom. The van der Waals surface area contributed by atoms with E-state index in [1.807, 2.05) is 24.8 Å². The second-order valence-corrected chi connectivity index (χ2v) is 7.01. The van der Waals surface area contributed by atoms with Gasteiger partial charge >= 0.3 is 0 Å². The number of nitro groups is 1. The van der Waals surface area contributed by atoms with Crippen LogP contribution in [0.1, 0.15) is 25.8 Å². The van der Waals surface area contributed by atoms with Gasteiger partial charge < -0.3 is 5.32 Å². The SMILES string of the molecule is Cc1ccc([N+](=O)[O-])cc1NC1CSCC(C)(C)C1. The smallest absolute Gasteiger partial charge is 0.271 e. The first-order valence-electron chi connectivity index (χ1n) is 6.47. The number of non-ortho nitro benzene ring substituents is 1. The van der Waals surface area contributed by atoms with E-state index >= 15 is 0 Å². The molecule has 4 nitrogen and oxygen atoms in total. The Morgan fingerprint density at radius 2 is 2.21 bits per heavy atom. The standard InChI is InChI=1S/C14H20N2O2S/c1-10-4-5-12(16(17)18)6-13(10)15-11-7-14(2,3)9-19-8-11/h4-6,11,15H,7-9H2,1-3H3. The molecule has 19 heavy (non-hydrogen) atoms. The summed E-state index contributed by atoms with van der Waals surface area (Å²) in [4.78, 5) is 10.5. The summed E-state index contributed by atoms with van der Waals surface area (Å²) in [5.41, 5.74) is 2.42. The van der Waals surface area contributed by atoms with Crippen LogP contribution in [0.15, 0.2) is 18.2 Å². The fourth-order valence-electron chi connectivity index (χ4n) is 2.45. The molecule has 0 aromatic heterocycles. The van der Waals surface area contributed by atoms with Crippen molar-refractivity contribution in [3.05, 3.63) is 33.9 Å². The maximum absolute atomic E-state index is 10.8. The molecule has 1 saturated heterocycles. The maximum atomic E-state index is 10.8. The molecule has 5 heteroatoms. The molecule has 1 unspecified atom stereocenters. The molecule has 0 aliphatic carbocycles. The predicted molar refractivity (Wildman–Crippen MR) is 81.0 cm³/mol. The van der Waals surface area contributed by atoms with Gasteiger partial charge in [0.15, 0.2) is 0 Å². The second kappa shape index (κ2) is 5.41.